The second-order valence-corrected chi connectivity index (χ2v) is 12.6. The topological polar surface area (TPSA) is 78.8 Å². The summed E-state index contributed by atoms with van der Waals surface area (Å²) in [6, 6.07) is 15.6. The minimum absolute atomic E-state index is 0.255. The number of hydrogen-bond acceptors (Lipinski definition) is 4. The molecule has 0 aliphatic heterocycles. The maximum atomic E-state index is 12.5. The Hall–Kier alpha value is -2.67. The summed E-state index contributed by atoms with van der Waals surface area (Å²) in [6.07, 6.45) is 10.6. The van der Waals surface area contributed by atoms with Gasteiger partial charge in [0.25, 0.3) is 5.91 Å². The van der Waals surface area contributed by atoms with Gasteiger partial charge in [0.1, 0.15) is 6.54 Å². The van der Waals surface area contributed by atoms with Crippen molar-refractivity contribution in [1.82, 2.24) is 5.43 Å². The summed E-state index contributed by atoms with van der Waals surface area (Å²) in [4.78, 5) is 12.5. The highest BCUT2D eigenvalue weighted by atomic mass is 32.2. The number of sulfonamides is 1. The van der Waals surface area contributed by atoms with E-state index in [2.05, 4.69) is 22.7 Å². The number of amides is 1. The van der Waals surface area contributed by atoms with Gasteiger partial charge in [0.05, 0.1) is 18.2 Å². The van der Waals surface area contributed by atoms with Crippen LogP contribution in [0, 0.1) is 24.7 Å². The third-order valence-electron chi connectivity index (χ3n) is 7.94. The van der Waals surface area contributed by atoms with Gasteiger partial charge in [-0.3, -0.25) is 9.10 Å². The van der Waals surface area contributed by atoms with Crippen molar-refractivity contribution in [2.24, 2.45) is 22.9 Å². The first kappa shape index (κ1) is 23.1. The average Bonchev–Trinajstić information content (AvgIpc) is 2.76. The van der Waals surface area contributed by atoms with Crippen molar-refractivity contribution in [2.75, 3.05) is 17.1 Å². The number of hydrogen-bond donors (Lipinski definition) is 1. The number of rotatable bonds is 7. The Morgan fingerprint density at radius 3 is 2.24 bits per heavy atom. The molecule has 0 saturated heterocycles. The number of benzene rings is 2. The third kappa shape index (κ3) is 4.76. The Morgan fingerprint density at radius 1 is 1.06 bits per heavy atom. The number of aryl methyl sites for hydroxylation is 1. The molecule has 0 radical (unpaired) electrons. The van der Waals surface area contributed by atoms with Gasteiger partial charge in [-0.25, -0.2) is 13.8 Å². The van der Waals surface area contributed by atoms with E-state index in [0.29, 0.717) is 5.69 Å². The lowest BCUT2D eigenvalue weighted by molar-refractivity contribution is -0.119. The summed E-state index contributed by atoms with van der Waals surface area (Å²) in [5, 5.41) is 3.99. The van der Waals surface area contributed by atoms with Gasteiger partial charge >= 0.3 is 0 Å². The molecule has 0 heterocycles. The van der Waals surface area contributed by atoms with Crippen molar-refractivity contribution in [3.63, 3.8) is 0 Å². The number of nitrogens with zero attached hydrogens (tertiary/aromatic N) is 2. The molecule has 1 amide bonds. The molecule has 2 aromatic carbocycles. The van der Waals surface area contributed by atoms with E-state index in [-0.39, 0.29) is 12.0 Å². The predicted octanol–water partition coefficient (Wildman–Crippen LogP) is 4.38. The first-order valence-corrected chi connectivity index (χ1v) is 14.0. The molecule has 0 spiro atoms. The zero-order valence-corrected chi connectivity index (χ0v) is 20.7. The van der Waals surface area contributed by atoms with Gasteiger partial charge in [0.15, 0.2) is 0 Å². The minimum Gasteiger partial charge on any atom is -0.271 e. The van der Waals surface area contributed by atoms with Crippen LogP contribution in [-0.4, -0.2) is 33.3 Å². The fraction of sp³-hybridized carbons (Fsp3) is 0.481. The highest BCUT2D eigenvalue weighted by Gasteiger charge is 2.51. The van der Waals surface area contributed by atoms with Gasteiger partial charge in [-0.05, 0) is 91.9 Å². The number of nitrogens with one attached hydrogen (secondary N) is 1. The molecule has 0 aromatic heterocycles. The summed E-state index contributed by atoms with van der Waals surface area (Å²) >= 11 is 0. The molecule has 4 bridgehead atoms. The van der Waals surface area contributed by atoms with Crippen LogP contribution in [-0.2, 0) is 20.2 Å². The molecule has 4 fully saturated rings. The van der Waals surface area contributed by atoms with Crippen LogP contribution in [0.2, 0.25) is 0 Å². The smallest absolute Gasteiger partial charge is 0.260 e. The molecule has 4 aliphatic rings. The zero-order chi connectivity index (χ0) is 23.9. The van der Waals surface area contributed by atoms with Gasteiger partial charge in [0.2, 0.25) is 10.0 Å². The summed E-state index contributed by atoms with van der Waals surface area (Å²) in [6.45, 7) is 1.66. The third-order valence-corrected chi connectivity index (χ3v) is 9.08. The maximum absolute atomic E-state index is 12.5. The monoisotopic (exact) mass is 479 g/mol. The highest BCUT2D eigenvalue weighted by Crippen LogP contribution is 2.60. The average molecular weight is 480 g/mol. The van der Waals surface area contributed by atoms with Crippen molar-refractivity contribution in [2.45, 2.75) is 50.9 Å². The van der Waals surface area contributed by atoms with E-state index in [4.69, 9.17) is 0 Å². The minimum atomic E-state index is -3.63. The van der Waals surface area contributed by atoms with E-state index in [0.717, 1.165) is 39.4 Å². The zero-order valence-electron chi connectivity index (χ0n) is 19.9. The fourth-order valence-electron chi connectivity index (χ4n) is 6.94. The molecule has 6 nitrogen and oxygen atoms in total. The van der Waals surface area contributed by atoms with Crippen LogP contribution >= 0.6 is 0 Å². The van der Waals surface area contributed by atoms with E-state index in [1.807, 2.05) is 43.3 Å². The quantitative estimate of drug-likeness (QED) is 0.473. The molecule has 4 saturated carbocycles. The van der Waals surface area contributed by atoms with Crippen LogP contribution in [0.15, 0.2) is 53.6 Å². The molecule has 2 aromatic rings. The van der Waals surface area contributed by atoms with Crippen LogP contribution < -0.4 is 9.73 Å². The van der Waals surface area contributed by atoms with E-state index in [1.54, 1.807) is 6.21 Å². The molecule has 180 valence electrons. The summed E-state index contributed by atoms with van der Waals surface area (Å²) in [5.74, 6) is 2.06. The normalized spacial score (nSPS) is 27.8. The number of carbonyl (C=O) groups excluding carboxylic acids is 1. The van der Waals surface area contributed by atoms with Gasteiger partial charge in [0, 0.05) is 0 Å². The lowest BCUT2D eigenvalue weighted by atomic mass is 9.48. The van der Waals surface area contributed by atoms with Crippen LogP contribution in [0.25, 0.3) is 0 Å². The Bertz CT molecular complexity index is 1170. The predicted molar refractivity (Wildman–Crippen MR) is 135 cm³/mol. The van der Waals surface area contributed by atoms with Crippen molar-refractivity contribution in [3.8, 4) is 0 Å². The van der Waals surface area contributed by atoms with Gasteiger partial charge in [-0.1, -0.05) is 42.0 Å². The van der Waals surface area contributed by atoms with Gasteiger partial charge in [-0.15, -0.1) is 0 Å². The molecular formula is C27H33N3O3S. The van der Waals surface area contributed by atoms with Crippen LogP contribution in [0.4, 0.5) is 5.69 Å². The standard InChI is InChI=1S/C27H33N3O3S/c1-19-4-3-5-20(10-19)17-28-29-26(31)18-30(34(2,32)33)25-8-6-24(7-9-25)27-14-21-11-22(15-27)13-23(12-21)16-27/h3-10,17,21-23H,11-16,18H2,1-2H3,(H,29,31)/b28-17-. The van der Waals surface area contributed by atoms with Gasteiger partial charge < -0.3 is 0 Å². The maximum Gasteiger partial charge on any atom is 0.260 e. The summed E-state index contributed by atoms with van der Waals surface area (Å²) < 4.78 is 26.2. The fourth-order valence-corrected chi connectivity index (χ4v) is 7.80. The van der Waals surface area contributed by atoms with Crippen molar-refractivity contribution in [1.29, 1.82) is 0 Å². The lowest BCUT2D eigenvalue weighted by Crippen LogP contribution is -2.48. The Kier molecular flexibility index (Phi) is 6.00. The van der Waals surface area contributed by atoms with Crippen molar-refractivity contribution < 1.29 is 13.2 Å². The van der Waals surface area contributed by atoms with E-state index >= 15 is 0 Å². The molecule has 1 N–H and O–H groups in total. The Labute approximate surface area is 202 Å². The van der Waals surface area contributed by atoms with Crippen LogP contribution in [0.1, 0.15) is 55.2 Å². The lowest BCUT2D eigenvalue weighted by Gasteiger charge is -2.57. The molecule has 34 heavy (non-hydrogen) atoms. The first-order valence-electron chi connectivity index (χ1n) is 12.2. The van der Waals surface area contributed by atoms with Gasteiger partial charge in [-0.2, -0.15) is 5.10 Å². The van der Waals surface area contributed by atoms with E-state index in [1.165, 1.54) is 44.1 Å². The van der Waals surface area contributed by atoms with Crippen molar-refractivity contribution >= 4 is 27.8 Å². The van der Waals surface area contributed by atoms with Crippen LogP contribution in [0.5, 0.6) is 0 Å². The SMILES string of the molecule is Cc1cccc(/C=N\NC(=O)CN(c2ccc(C34CC5CC(CC(C5)C3)C4)cc2)S(C)(=O)=O)c1. The largest absolute Gasteiger partial charge is 0.271 e. The first-order chi connectivity index (χ1) is 16.2. The molecule has 0 atom stereocenters. The molecule has 7 heteroatoms. The molecule has 6 rings (SSSR count). The van der Waals surface area contributed by atoms with E-state index in [9.17, 15) is 13.2 Å². The number of anilines is 1. The Morgan fingerprint density at radius 2 is 1.68 bits per heavy atom. The highest BCUT2D eigenvalue weighted by molar-refractivity contribution is 7.92. The van der Waals surface area contributed by atoms with Crippen molar-refractivity contribution in [3.05, 3.63) is 65.2 Å². The Balaban J connectivity index is 1.29. The summed E-state index contributed by atoms with van der Waals surface area (Å²) in [7, 11) is -3.63. The van der Waals surface area contributed by atoms with Crippen LogP contribution in [0.3, 0.4) is 0 Å². The number of hydrazone groups is 1. The second-order valence-electron chi connectivity index (χ2n) is 10.7. The molecular weight excluding hydrogens is 446 g/mol. The molecule has 4 aliphatic carbocycles. The van der Waals surface area contributed by atoms with E-state index < -0.39 is 15.9 Å². The number of carbonyl (C=O) groups is 1. The molecule has 0 unspecified atom stereocenters. The summed E-state index contributed by atoms with van der Waals surface area (Å²) in [5.41, 5.74) is 6.50. The second kappa shape index (κ2) is 8.84.